The van der Waals surface area contributed by atoms with Crippen LogP contribution < -0.4 is 0 Å². The summed E-state index contributed by atoms with van der Waals surface area (Å²) in [5, 5.41) is 0. The third kappa shape index (κ3) is 4.04. The number of rotatable bonds is 3. The standard InChI is InChI=1S/C19H30N2O2/c1-13-8-6-7-9-19(13)16-10-17(20(4)14(2)22)12-18(11-16)21(5)15(3)23/h6,8,16-18H,7,9-12H2,1-5H3. The number of hydrogen-bond donors (Lipinski definition) is 0. The molecule has 0 aromatic rings. The van der Waals surface area contributed by atoms with Gasteiger partial charge in [-0.25, -0.2) is 0 Å². The Balaban J connectivity index is 2.26. The summed E-state index contributed by atoms with van der Waals surface area (Å²) in [7, 11) is 3.78. The SMILES string of the molecule is CC(=O)N(C)C1CC(C2=C(C)C=CCC2)CC(N(C)C(C)=O)C1. The highest BCUT2D eigenvalue weighted by Crippen LogP contribution is 2.38. The maximum absolute atomic E-state index is 11.8. The molecule has 0 aromatic heterocycles. The van der Waals surface area contributed by atoms with Crippen LogP contribution >= 0.6 is 0 Å². The molecule has 0 aliphatic heterocycles. The van der Waals surface area contributed by atoms with E-state index in [1.165, 1.54) is 11.1 Å². The van der Waals surface area contributed by atoms with Crippen LogP contribution in [0.15, 0.2) is 23.3 Å². The Kier molecular flexibility index (Phi) is 5.66. The van der Waals surface area contributed by atoms with Crippen LogP contribution in [0.3, 0.4) is 0 Å². The molecule has 2 amide bonds. The first kappa shape index (κ1) is 17.8. The molecule has 0 N–H and O–H groups in total. The van der Waals surface area contributed by atoms with Crippen LogP contribution in [-0.4, -0.2) is 47.8 Å². The van der Waals surface area contributed by atoms with E-state index in [-0.39, 0.29) is 23.9 Å². The molecule has 4 nitrogen and oxygen atoms in total. The van der Waals surface area contributed by atoms with Crippen LogP contribution in [0.5, 0.6) is 0 Å². The molecule has 0 bridgehead atoms. The summed E-state index contributed by atoms with van der Waals surface area (Å²) in [6.07, 6.45) is 9.58. The van der Waals surface area contributed by atoms with Crippen molar-refractivity contribution in [3.63, 3.8) is 0 Å². The van der Waals surface area contributed by atoms with Gasteiger partial charge in [-0.3, -0.25) is 9.59 Å². The highest BCUT2D eigenvalue weighted by atomic mass is 16.2. The first-order valence-electron chi connectivity index (χ1n) is 8.64. The summed E-state index contributed by atoms with van der Waals surface area (Å²) in [5.41, 5.74) is 2.90. The second-order valence-corrected chi connectivity index (χ2v) is 7.12. The Labute approximate surface area is 140 Å². The number of amides is 2. The molecule has 0 saturated heterocycles. The molecular weight excluding hydrogens is 288 g/mol. The molecule has 0 aromatic carbocycles. The van der Waals surface area contributed by atoms with E-state index >= 15 is 0 Å². The fourth-order valence-electron chi connectivity index (χ4n) is 4.02. The number of nitrogens with zero attached hydrogens (tertiary/aromatic N) is 2. The van der Waals surface area contributed by atoms with Crippen molar-refractivity contribution in [1.29, 1.82) is 0 Å². The number of allylic oxidation sites excluding steroid dienone is 4. The summed E-state index contributed by atoms with van der Waals surface area (Å²) < 4.78 is 0. The van der Waals surface area contributed by atoms with Crippen molar-refractivity contribution in [1.82, 2.24) is 9.80 Å². The van der Waals surface area contributed by atoms with E-state index in [4.69, 9.17) is 0 Å². The molecule has 2 atom stereocenters. The third-order valence-corrected chi connectivity index (χ3v) is 5.69. The molecule has 128 valence electrons. The second kappa shape index (κ2) is 7.33. The summed E-state index contributed by atoms with van der Waals surface area (Å²) in [6.45, 7) is 5.44. The third-order valence-electron chi connectivity index (χ3n) is 5.69. The zero-order valence-corrected chi connectivity index (χ0v) is 15.1. The lowest BCUT2D eigenvalue weighted by Gasteiger charge is -2.43. The molecular formula is C19H30N2O2. The highest BCUT2D eigenvalue weighted by Gasteiger charge is 2.36. The van der Waals surface area contributed by atoms with Gasteiger partial charge in [0.05, 0.1) is 0 Å². The minimum absolute atomic E-state index is 0.106. The fourth-order valence-corrected chi connectivity index (χ4v) is 4.02. The Bertz CT molecular complexity index is 507. The molecule has 4 heteroatoms. The maximum atomic E-state index is 11.8. The van der Waals surface area contributed by atoms with Crippen molar-refractivity contribution >= 4 is 11.8 Å². The number of hydrogen-bond acceptors (Lipinski definition) is 2. The van der Waals surface area contributed by atoms with Crippen molar-refractivity contribution in [3.8, 4) is 0 Å². The van der Waals surface area contributed by atoms with E-state index in [9.17, 15) is 9.59 Å². The molecule has 1 saturated carbocycles. The normalized spacial score (nSPS) is 27.8. The smallest absolute Gasteiger partial charge is 0.219 e. The van der Waals surface area contributed by atoms with Gasteiger partial charge in [0.2, 0.25) is 11.8 Å². The van der Waals surface area contributed by atoms with Crippen molar-refractivity contribution in [2.75, 3.05) is 14.1 Å². The average Bonchev–Trinajstić information content (AvgIpc) is 2.53. The largest absolute Gasteiger partial charge is 0.343 e. The summed E-state index contributed by atoms with van der Waals surface area (Å²) in [4.78, 5) is 27.4. The molecule has 2 aliphatic rings. The molecule has 0 radical (unpaired) electrons. The van der Waals surface area contributed by atoms with Gasteiger partial charge in [-0.05, 0) is 44.9 Å². The van der Waals surface area contributed by atoms with E-state index in [2.05, 4.69) is 19.1 Å². The van der Waals surface area contributed by atoms with E-state index in [1.807, 2.05) is 23.9 Å². The zero-order valence-electron chi connectivity index (χ0n) is 15.1. The van der Waals surface area contributed by atoms with Gasteiger partial charge >= 0.3 is 0 Å². The molecule has 23 heavy (non-hydrogen) atoms. The van der Waals surface area contributed by atoms with Crippen molar-refractivity contribution in [2.24, 2.45) is 5.92 Å². The predicted octanol–water partition coefficient (Wildman–Crippen LogP) is 3.15. The van der Waals surface area contributed by atoms with Gasteiger partial charge in [-0.2, -0.15) is 0 Å². The summed E-state index contributed by atoms with van der Waals surface area (Å²) in [6, 6.07) is 0.425. The second-order valence-electron chi connectivity index (χ2n) is 7.12. The van der Waals surface area contributed by atoms with Crippen LogP contribution in [0.4, 0.5) is 0 Å². The molecule has 2 aliphatic carbocycles. The molecule has 2 rings (SSSR count). The molecule has 1 fully saturated rings. The first-order valence-corrected chi connectivity index (χ1v) is 8.64. The molecule has 0 spiro atoms. The van der Waals surface area contributed by atoms with Gasteiger partial charge in [-0.15, -0.1) is 0 Å². The average molecular weight is 318 g/mol. The lowest BCUT2D eigenvalue weighted by Crippen LogP contribution is -2.49. The number of carbonyl (C=O) groups excluding carboxylic acids is 2. The van der Waals surface area contributed by atoms with E-state index in [0.717, 1.165) is 32.1 Å². The van der Waals surface area contributed by atoms with Gasteiger partial charge in [0.25, 0.3) is 0 Å². The Morgan fingerprint density at radius 2 is 1.52 bits per heavy atom. The van der Waals surface area contributed by atoms with Crippen molar-refractivity contribution in [3.05, 3.63) is 23.3 Å². The van der Waals surface area contributed by atoms with Crippen LogP contribution in [0.1, 0.15) is 52.9 Å². The number of carbonyl (C=O) groups is 2. The summed E-state index contributed by atoms with van der Waals surface area (Å²) in [5.74, 6) is 0.676. The van der Waals surface area contributed by atoms with E-state index < -0.39 is 0 Å². The van der Waals surface area contributed by atoms with Gasteiger partial charge in [0.1, 0.15) is 0 Å². The summed E-state index contributed by atoms with van der Waals surface area (Å²) >= 11 is 0. The molecule has 2 unspecified atom stereocenters. The van der Waals surface area contributed by atoms with Crippen LogP contribution in [0, 0.1) is 5.92 Å². The highest BCUT2D eigenvalue weighted by molar-refractivity contribution is 5.74. The van der Waals surface area contributed by atoms with Gasteiger partial charge in [0, 0.05) is 40.0 Å². The van der Waals surface area contributed by atoms with Gasteiger partial charge in [0.15, 0.2) is 0 Å². The van der Waals surface area contributed by atoms with Crippen molar-refractivity contribution in [2.45, 2.75) is 65.0 Å². The lowest BCUT2D eigenvalue weighted by molar-refractivity contribution is -0.133. The van der Waals surface area contributed by atoms with E-state index in [1.54, 1.807) is 13.8 Å². The molecule has 0 heterocycles. The topological polar surface area (TPSA) is 40.6 Å². The monoisotopic (exact) mass is 318 g/mol. The Morgan fingerprint density at radius 1 is 1.00 bits per heavy atom. The Hall–Kier alpha value is -1.58. The Morgan fingerprint density at radius 3 is 1.96 bits per heavy atom. The minimum atomic E-state index is 0.106. The van der Waals surface area contributed by atoms with Crippen LogP contribution in [0.2, 0.25) is 0 Å². The minimum Gasteiger partial charge on any atom is -0.343 e. The van der Waals surface area contributed by atoms with Crippen LogP contribution in [-0.2, 0) is 9.59 Å². The fraction of sp³-hybridized carbons (Fsp3) is 0.684. The quantitative estimate of drug-likeness (QED) is 0.802. The predicted molar refractivity (Wildman–Crippen MR) is 92.9 cm³/mol. The first-order chi connectivity index (χ1) is 10.8. The van der Waals surface area contributed by atoms with Gasteiger partial charge in [-0.1, -0.05) is 23.3 Å². The lowest BCUT2D eigenvalue weighted by atomic mass is 9.74. The van der Waals surface area contributed by atoms with Gasteiger partial charge < -0.3 is 9.80 Å². The van der Waals surface area contributed by atoms with E-state index in [0.29, 0.717) is 5.92 Å². The maximum Gasteiger partial charge on any atom is 0.219 e. The van der Waals surface area contributed by atoms with Crippen LogP contribution in [0.25, 0.3) is 0 Å². The zero-order chi connectivity index (χ0) is 17.1. The van der Waals surface area contributed by atoms with Crippen molar-refractivity contribution < 1.29 is 9.59 Å².